The Balaban J connectivity index is 1.35. The molecule has 2 aliphatic heterocycles. The van der Waals surface area contributed by atoms with Crippen LogP contribution in [-0.4, -0.2) is 74.0 Å². The first-order valence-electron chi connectivity index (χ1n) is 11.1. The van der Waals surface area contributed by atoms with Crippen LogP contribution in [0.3, 0.4) is 0 Å². The van der Waals surface area contributed by atoms with Crippen LogP contribution in [0.2, 0.25) is 0 Å². The van der Waals surface area contributed by atoms with Crippen LogP contribution in [0.4, 0.5) is 24.7 Å². The molecule has 10 nitrogen and oxygen atoms in total. The molecule has 2 aromatic heterocycles. The minimum Gasteiger partial charge on any atom is -0.394 e. The number of aliphatic hydroxyl groups excluding tert-OH is 2. The number of rotatable bonds is 6. The van der Waals surface area contributed by atoms with Crippen LogP contribution in [0.5, 0.6) is 0 Å². The standard InChI is InChI=1S/C22H23F3N6O4/c23-22(24,25)13-2-1-12(8-32)16(5-13)30-4-3-14(7-30)29-19-18-20(27-10-26-19)31(11-28-18)21-17(34)6-15(9-33)35-21/h1-2,5,8,10-11,14-15,17,21,33-34H,3-4,6-7,9H2,(H,26,27,29)/t14?,15-,17+,21+/m0/s1. The van der Waals surface area contributed by atoms with Crippen LogP contribution in [0.25, 0.3) is 11.2 Å². The molecule has 186 valence electrons. The van der Waals surface area contributed by atoms with Gasteiger partial charge in [0, 0.05) is 36.8 Å². The number of alkyl halides is 3. The van der Waals surface area contributed by atoms with E-state index in [-0.39, 0.29) is 30.3 Å². The first kappa shape index (κ1) is 23.5. The van der Waals surface area contributed by atoms with Crippen molar-refractivity contribution in [3.8, 4) is 0 Å². The molecule has 35 heavy (non-hydrogen) atoms. The predicted octanol–water partition coefficient (Wildman–Crippen LogP) is 1.99. The molecule has 2 aliphatic rings. The summed E-state index contributed by atoms with van der Waals surface area (Å²) in [5.41, 5.74) is 0.500. The number of ether oxygens (including phenoxy) is 1. The quantitative estimate of drug-likeness (QED) is 0.443. The second-order valence-corrected chi connectivity index (χ2v) is 8.65. The largest absolute Gasteiger partial charge is 0.416 e. The molecule has 0 amide bonds. The molecular formula is C22H23F3N6O4. The van der Waals surface area contributed by atoms with Crippen LogP contribution in [0, 0.1) is 0 Å². The number of imidazole rings is 1. The Morgan fingerprint density at radius 3 is 2.80 bits per heavy atom. The van der Waals surface area contributed by atoms with Gasteiger partial charge >= 0.3 is 6.18 Å². The molecule has 13 heteroatoms. The molecular weight excluding hydrogens is 469 g/mol. The van der Waals surface area contributed by atoms with Crippen LogP contribution in [0.1, 0.15) is 35.0 Å². The number of nitrogens with one attached hydrogen (secondary N) is 1. The molecule has 2 fully saturated rings. The number of fused-ring (bicyclic) bond motifs is 1. The van der Waals surface area contributed by atoms with Crippen molar-refractivity contribution in [3.63, 3.8) is 0 Å². The molecule has 0 spiro atoms. The Morgan fingerprint density at radius 1 is 1.26 bits per heavy atom. The first-order chi connectivity index (χ1) is 16.8. The highest BCUT2D eigenvalue weighted by Gasteiger charge is 2.36. The van der Waals surface area contributed by atoms with E-state index in [9.17, 15) is 28.2 Å². The predicted molar refractivity (Wildman–Crippen MR) is 118 cm³/mol. The SMILES string of the molecule is O=Cc1ccc(C(F)(F)F)cc1N1CCC(Nc2ncnc3c2ncn3[C@@H]2O[C@H](CO)C[C@H]2O)C1. The molecule has 0 bridgehead atoms. The smallest absolute Gasteiger partial charge is 0.394 e. The Bertz CT molecular complexity index is 1240. The average molecular weight is 492 g/mol. The van der Waals surface area contributed by atoms with Gasteiger partial charge in [-0.25, -0.2) is 15.0 Å². The molecule has 3 aromatic rings. The number of aldehydes is 1. The lowest BCUT2D eigenvalue weighted by atomic mass is 10.1. The zero-order chi connectivity index (χ0) is 24.7. The number of anilines is 2. The van der Waals surface area contributed by atoms with Gasteiger partial charge in [0.15, 0.2) is 29.5 Å². The van der Waals surface area contributed by atoms with Crippen molar-refractivity contribution in [1.82, 2.24) is 19.5 Å². The lowest BCUT2D eigenvalue weighted by molar-refractivity contribution is -0.137. The minimum atomic E-state index is -4.51. The number of hydrogen-bond donors (Lipinski definition) is 3. The maximum Gasteiger partial charge on any atom is 0.416 e. The van der Waals surface area contributed by atoms with Crippen molar-refractivity contribution in [3.05, 3.63) is 42.0 Å². The van der Waals surface area contributed by atoms with Gasteiger partial charge in [-0.2, -0.15) is 13.2 Å². The fourth-order valence-corrected chi connectivity index (χ4v) is 4.63. The Hall–Kier alpha value is -3.29. The number of aliphatic hydroxyl groups is 2. The molecule has 4 heterocycles. The van der Waals surface area contributed by atoms with Gasteiger partial charge < -0.3 is 25.2 Å². The van der Waals surface area contributed by atoms with Crippen LogP contribution in [0.15, 0.2) is 30.9 Å². The Morgan fingerprint density at radius 2 is 2.09 bits per heavy atom. The normalized spacial score (nSPS) is 24.9. The molecule has 2 saturated heterocycles. The molecule has 3 N–H and O–H groups in total. The fourth-order valence-electron chi connectivity index (χ4n) is 4.63. The second-order valence-electron chi connectivity index (χ2n) is 8.65. The number of benzene rings is 1. The maximum atomic E-state index is 13.2. The van der Waals surface area contributed by atoms with Gasteiger partial charge in [0.2, 0.25) is 0 Å². The summed E-state index contributed by atoms with van der Waals surface area (Å²) in [7, 11) is 0. The third-order valence-electron chi connectivity index (χ3n) is 6.36. The fraction of sp³-hybridized carbons (Fsp3) is 0.455. The zero-order valence-electron chi connectivity index (χ0n) is 18.4. The van der Waals surface area contributed by atoms with E-state index in [2.05, 4.69) is 20.3 Å². The van der Waals surface area contributed by atoms with Crippen molar-refractivity contribution in [2.24, 2.45) is 0 Å². The van der Waals surface area contributed by atoms with Gasteiger partial charge in [-0.1, -0.05) is 0 Å². The highest BCUT2D eigenvalue weighted by molar-refractivity contribution is 5.85. The van der Waals surface area contributed by atoms with Crippen molar-refractivity contribution in [1.29, 1.82) is 0 Å². The molecule has 0 radical (unpaired) electrons. The van der Waals surface area contributed by atoms with E-state index >= 15 is 0 Å². The van der Waals surface area contributed by atoms with Gasteiger partial charge in [-0.15, -0.1) is 0 Å². The minimum absolute atomic E-state index is 0.167. The van der Waals surface area contributed by atoms with E-state index in [0.29, 0.717) is 42.8 Å². The van der Waals surface area contributed by atoms with E-state index in [1.807, 2.05) is 0 Å². The maximum absolute atomic E-state index is 13.2. The number of hydrogen-bond acceptors (Lipinski definition) is 9. The van der Waals surface area contributed by atoms with Crippen molar-refractivity contribution in [2.45, 2.75) is 43.5 Å². The summed E-state index contributed by atoms with van der Waals surface area (Å²) in [6, 6.07) is 2.93. The van der Waals surface area contributed by atoms with Gasteiger partial charge in [-0.05, 0) is 24.6 Å². The summed E-state index contributed by atoms with van der Waals surface area (Å²) in [6.45, 7) is 0.599. The second kappa shape index (κ2) is 9.06. The summed E-state index contributed by atoms with van der Waals surface area (Å²) >= 11 is 0. The lowest BCUT2D eigenvalue weighted by Gasteiger charge is -2.22. The molecule has 1 unspecified atom stereocenters. The third-order valence-corrected chi connectivity index (χ3v) is 6.36. The monoisotopic (exact) mass is 492 g/mol. The van der Waals surface area contributed by atoms with E-state index in [0.717, 1.165) is 12.1 Å². The molecule has 0 saturated carbocycles. The molecule has 1 aromatic carbocycles. The van der Waals surface area contributed by atoms with Gasteiger partial charge in [0.1, 0.15) is 12.4 Å². The third kappa shape index (κ3) is 4.42. The van der Waals surface area contributed by atoms with Crippen LogP contribution in [-0.2, 0) is 10.9 Å². The van der Waals surface area contributed by atoms with Gasteiger partial charge in [-0.3, -0.25) is 9.36 Å². The first-order valence-corrected chi connectivity index (χ1v) is 11.1. The Labute approximate surface area is 197 Å². The summed E-state index contributed by atoms with van der Waals surface area (Å²) in [5, 5.41) is 22.9. The van der Waals surface area contributed by atoms with Crippen molar-refractivity contribution < 1.29 is 32.9 Å². The van der Waals surface area contributed by atoms with Crippen LogP contribution < -0.4 is 10.2 Å². The number of carbonyl (C=O) groups excluding carboxylic acids is 1. The molecule has 4 atom stereocenters. The highest BCUT2D eigenvalue weighted by atomic mass is 19.4. The topological polar surface area (TPSA) is 126 Å². The van der Waals surface area contributed by atoms with Gasteiger partial charge in [0.05, 0.1) is 24.6 Å². The number of nitrogens with zero attached hydrogens (tertiary/aromatic N) is 5. The lowest BCUT2D eigenvalue weighted by Crippen LogP contribution is -2.27. The Kier molecular flexibility index (Phi) is 6.07. The van der Waals surface area contributed by atoms with E-state index in [1.54, 1.807) is 9.47 Å². The van der Waals surface area contributed by atoms with Crippen LogP contribution >= 0.6 is 0 Å². The zero-order valence-corrected chi connectivity index (χ0v) is 18.4. The summed E-state index contributed by atoms with van der Waals surface area (Å²) < 4.78 is 46.9. The average Bonchev–Trinajstić information content (AvgIpc) is 3.56. The van der Waals surface area contributed by atoms with E-state index < -0.39 is 30.2 Å². The number of aromatic nitrogens is 4. The number of halogens is 3. The molecule has 0 aliphatic carbocycles. The van der Waals surface area contributed by atoms with Crippen molar-refractivity contribution in [2.75, 3.05) is 29.9 Å². The molecule has 5 rings (SSSR count). The highest BCUT2D eigenvalue weighted by Crippen LogP contribution is 2.35. The van der Waals surface area contributed by atoms with E-state index in [1.165, 1.54) is 18.7 Å². The summed E-state index contributed by atoms with van der Waals surface area (Å²) in [6.07, 6.45) is -2.30. The van der Waals surface area contributed by atoms with Crippen molar-refractivity contribution >= 4 is 29.0 Å². The number of carbonyl (C=O) groups is 1. The summed E-state index contributed by atoms with van der Waals surface area (Å²) in [4.78, 5) is 26.1. The van der Waals surface area contributed by atoms with E-state index in [4.69, 9.17) is 4.74 Å². The summed E-state index contributed by atoms with van der Waals surface area (Å²) in [5.74, 6) is 0.437. The van der Waals surface area contributed by atoms with Gasteiger partial charge in [0.25, 0.3) is 0 Å².